The molecule has 0 saturated carbocycles. The van der Waals surface area contributed by atoms with Gasteiger partial charge in [0, 0.05) is 5.02 Å². The molecule has 132 valence electrons. The largest absolute Gasteiger partial charge is 0.299 e. The number of thiocarbonyl (C=S) groups is 1. The quantitative estimate of drug-likeness (QED) is 0.484. The maximum absolute atomic E-state index is 12.1. The third-order valence-electron chi connectivity index (χ3n) is 4.03. The third-order valence-corrected chi connectivity index (χ3v) is 4.47. The van der Waals surface area contributed by atoms with Crippen molar-refractivity contribution >= 4 is 46.8 Å². The minimum absolute atomic E-state index is 0.00235. The Balaban J connectivity index is 2.01. The molecule has 0 aliphatic carbocycles. The number of benzene rings is 2. The van der Waals surface area contributed by atoms with E-state index in [4.69, 9.17) is 23.8 Å². The molecule has 26 heavy (non-hydrogen) atoms. The summed E-state index contributed by atoms with van der Waals surface area (Å²) in [5, 5.41) is 5.42. The van der Waals surface area contributed by atoms with Gasteiger partial charge in [0.1, 0.15) is 5.57 Å². The first-order chi connectivity index (χ1) is 12.3. The molecule has 6 heteroatoms. The fraction of sp³-hybridized carbons (Fsp3) is 0.150. The molecule has 1 aliphatic heterocycles. The summed E-state index contributed by atoms with van der Waals surface area (Å²) in [6, 6.07) is 11.8. The molecular weight excluding hydrogens is 368 g/mol. The highest BCUT2D eigenvalue weighted by atomic mass is 35.5. The zero-order chi connectivity index (χ0) is 18.8. The number of nitrogens with one attached hydrogen (secondary N) is 2. The van der Waals surface area contributed by atoms with Crippen molar-refractivity contribution in [2.45, 2.75) is 20.3 Å². The third kappa shape index (κ3) is 4.18. The number of hydrogen-bond donors (Lipinski definition) is 2. The molecule has 2 aromatic rings. The highest BCUT2D eigenvalue weighted by molar-refractivity contribution is 7.80. The second-order valence-electron chi connectivity index (χ2n) is 6.31. The van der Waals surface area contributed by atoms with E-state index in [2.05, 4.69) is 42.7 Å². The fourth-order valence-electron chi connectivity index (χ4n) is 3.01. The Kier molecular flexibility index (Phi) is 5.20. The number of carbonyl (C=O) groups is 2. The molecule has 0 bridgehead atoms. The van der Waals surface area contributed by atoms with Crippen molar-refractivity contribution in [3.05, 3.63) is 74.8 Å². The van der Waals surface area contributed by atoms with Crippen molar-refractivity contribution in [3.8, 4) is 0 Å². The lowest BCUT2D eigenvalue weighted by Gasteiger charge is -2.17. The summed E-state index contributed by atoms with van der Waals surface area (Å²) in [5.74, 6) is -1.04. The second-order valence-corrected chi connectivity index (χ2v) is 7.16. The number of hydrogen-bond acceptors (Lipinski definition) is 3. The van der Waals surface area contributed by atoms with E-state index in [0.717, 1.165) is 16.7 Å². The predicted octanol–water partition coefficient (Wildman–Crippen LogP) is 3.46. The highest BCUT2D eigenvalue weighted by Crippen LogP contribution is 2.23. The van der Waals surface area contributed by atoms with Gasteiger partial charge in [-0.25, -0.2) is 0 Å². The van der Waals surface area contributed by atoms with E-state index >= 15 is 0 Å². The molecule has 4 nitrogen and oxygen atoms in total. The molecule has 3 rings (SSSR count). The summed E-state index contributed by atoms with van der Waals surface area (Å²) >= 11 is 11.0. The van der Waals surface area contributed by atoms with E-state index < -0.39 is 11.8 Å². The molecule has 2 N–H and O–H groups in total. The first kappa shape index (κ1) is 18.3. The van der Waals surface area contributed by atoms with Gasteiger partial charge in [0.2, 0.25) is 0 Å². The van der Waals surface area contributed by atoms with Gasteiger partial charge >= 0.3 is 0 Å². The Morgan fingerprint density at radius 3 is 2.23 bits per heavy atom. The summed E-state index contributed by atoms with van der Waals surface area (Å²) < 4.78 is 0. The van der Waals surface area contributed by atoms with Crippen LogP contribution in [-0.2, 0) is 16.0 Å². The van der Waals surface area contributed by atoms with Crippen LogP contribution in [-0.4, -0.2) is 16.9 Å². The van der Waals surface area contributed by atoms with Crippen LogP contribution in [0, 0.1) is 13.8 Å². The van der Waals surface area contributed by atoms with Gasteiger partial charge in [0.25, 0.3) is 11.8 Å². The van der Waals surface area contributed by atoms with Gasteiger partial charge in [0.05, 0.1) is 0 Å². The first-order valence-corrected chi connectivity index (χ1v) is 8.84. The summed E-state index contributed by atoms with van der Waals surface area (Å²) in [4.78, 5) is 24.2. The zero-order valence-corrected chi connectivity index (χ0v) is 15.9. The van der Waals surface area contributed by atoms with Crippen molar-refractivity contribution in [3.63, 3.8) is 0 Å². The van der Waals surface area contributed by atoms with Crippen LogP contribution >= 0.6 is 23.8 Å². The summed E-state index contributed by atoms with van der Waals surface area (Å²) in [5.41, 5.74) is 5.23. The molecular formula is C20H17ClN2O2S. The van der Waals surface area contributed by atoms with Gasteiger partial charge < -0.3 is 0 Å². The van der Waals surface area contributed by atoms with Crippen LogP contribution < -0.4 is 10.6 Å². The van der Waals surface area contributed by atoms with E-state index in [1.807, 2.05) is 6.07 Å². The van der Waals surface area contributed by atoms with E-state index in [0.29, 0.717) is 11.4 Å². The predicted molar refractivity (Wildman–Crippen MR) is 107 cm³/mol. The summed E-state index contributed by atoms with van der Waals surface area (Å²) in [6.45, 7) is 4.11. The lowest BCUT2D eigenvalue weighted by Crippen LogP contribution is -2.51. The van der Waals surface area contributed by atoms with Crippen LogP contribution in [0.3, 0.4) is 0 Å². The molecule has 0 atom stereocenters. The summed E-state index contributed by atoms with van der Waals surface area (Å²) in [7, 11) is 0. The van der Waals surface area contributed by atoms with Crippen LogP contribution in [0.25, 0.3) is 6.08 Å². The average molecular weight is 385 g/mol. The Morgan fingerprint density at radius 1 is 1.00 bits per heavy atom. The topological polar surface area (TPSA) is 58.2 Å². The number of rotatable bonds is 3. The molecule has 1 fully saturated rings. The molecule has 2 amide bonds. The highest BCUT2D eigenvalue weighted by Gasteiger charge is 2.26. The molecule has 0 unspecified atom stereocenters. The number of carbonyl (C=O) groups excluding carboxylic acids is 2. The smallest absolute Gasteiger partial charge is 0.263 e. The maximum atomic E-state index is 12.1. The van der Waals surface area contributed by atoms with E-state index in [1.165, 1.54) is 11.1 Å². The van der Waals surface area contributed by atoms with Crippen molar-refractivity contribution in [1.29, 1.82) is 0 Å². The van der Waals surface area contributed by atoms with Gasteiger partial charge in [-0.3, -0.25) is 20.2 Å². The van der Waals surface area contributed by atoms with Crippen LogP contribution in [0.4, 0.5) is 0 Å². The molecule has 1 heterocycles. The lowest BCUT2D eigenvalue weighted by atomic mass is 9.96. The summed E-state index contributed by atoms with van der Waals surface area (Å²) in [6.07, 6.45) is 2.22. The van der Waals surface area contributed by atoms with Crippen molar-refractivity contribution in [2.75, 3.05) is 0 Å². The Labute approximate surface area is 162 Å². The number of halogens is 1. The molecule has 1 saturated heterocycles. The van der Waals surface area contributed by atoms with E-state index in [9.17, 15) is 9.59 Å². The Morgan fingerprint density at radius 2 is 1.62 bits per heavy atom. The van der Waals surface area contributed by atoms with Gasteiger partial charge in [-0.05, 0) is 67.4 Å². The van der Waals surface area contributed by atoms with Gasteiger partial charge in [0.15, 0.2) is 5.11 Å². The SMILES string of the molecule is Cc1cc(C)cc(Cc2ccc(Cl)cc2C=C2C(=O)NC(=S)NC2=O)c1. The first-order valence-electron chi connectivity index (χ1n) is 8.06. The van der Waals surface area contributed by atoms with E-state index in [1.54, 1.807) is 18.2 Å². The van der Waals surface area contributed by atoms with E-state index in [-0.39, 0.29) is 10.7 Å². The van der Waals surface area contributed by atoms with Crippen molar-refractivity contribution < 1.29 is 9.59 Å². The molecule has 0 radical (unpaired) electrons. The van der Waals surface area contributed by atoms with Crippen molar-refractivity contribution in [2.24, 2.45) is 0 Å². The standard InChI is InChI=1S/C20H17ClN2O2S/c1-11-5-12(2)7-13(6-11)8-14-3-4-16(21)9-15(14)10-17-18(24)22-20(26)23-19(17)25/h3-7,9-10H,8H2,1-2H3,(H2,22,23,24,25,26). The molecule has 0 aromatic heterocycles. The van der Waals surface area contributed by atoms with Crippen molar-refractivity contribution in [1.82, 2.24) is 10.6 Å². The van der Waals surface area contributed by atoms with Crippen LogP contribution in [0.5, 0.6) is 0 Å². The normalized spacial score (nSPS) is 14.1. The molecule has 1 aliphatic rings. The molecule has 2 aromatic carbocycles. The minimum Gasteiger partial charge on any atom is -0.299 e. The number of amides is 2. The minimum atomic E-state index is -0.518. The average Bonchev–Trinajstić information content (AvgIpc) is 2.52. The van der Waals surface area contributed by atoms with Crippen LogP contribution in [0.15, 0.2) is 42.0 Å². The monoisotopic (exact) mass is 384 g/mol. The fourth-order valence-corrected chi connectivity index (χ4v) is 3.38. The second kappa shape index (κ2) is 7.40. The van der Waals surface area contributed by atoms with Gasteiger partial charge in [-0.1, -0.05) is 47.0 Å². The van der Waals surface area contributed by atoms with Crippen LogP contribution in [0.2, 0.25) is 5.02 Å². The van der Waals surface area contributed by atoms with Crippen LogP contribution in [0.1, 0.15) is 27.8 Å². The van der Waals surface area contributed by atoms with Gasteiger partial charge in [-0.2, -0.15) is 0 Å². The number of aryl methyl sites for hydroxylation is 2. The Hall–Kier alpha value is -2.50. The lowest BCUT2D eigenvalue weighted by molar-refractivity contribution is -0.123. The molecule has 0 spiro atoms. The maximum Gasteiger partial charge on any atom is 0.263 e. The van der Waals surface area contributed by atoms with Gasteiger partial charge in [-0.15, -0.1) is 0 Å². The zero-order valence-electron chi connectivity index (χ0n) is 14.4. The Bertz CT molecular complexity index is 924.